The van der Waals surface area contributed by atoms with E-state index in [-0.39, 0.29) is 0 Å². The molecule has 1 N–H and O–H groups in total. The Balaban J connectivity index is 2.32. The van der Waals surface area contributed by atoms with Crippen LogP contribution in [0.15, 0.2) is 30.5 Å². The summed E-state index contributed by atoms with van der Waals surface area (Å²) in [5.74, 6) is -0.409. The van der Waals surface area contributed by atoms with Crippen LogP contribution in [0.4, 0.5) is 0 Å². The van der Waals surface area contributed by atoms with Gasteiger partial charge < -0.3 is 5.11 Å². The van der Waals surface area contributed by atoms with Crippen LogP contribution in [0.25, 0.3) is 17.1 Å². The average Bonchev–Trinajstić information content (AvgIpc) is 2.35. The highest BCUT2D eigenvalue weighted by atomic mass is 16.4. The molecule has 0 radical (unpaired) electrons. The Hall–Kier alpha value is -2.23. The second-order valence-corrected chi connectivity index (χ2v) is 4.89. The number of carboxylic acid groups (broad SMARTS) is 1. The lowest BCUT2D eigenvalue weighted by Gasteiger charge is -2.05. The maximum Gasteiger partial charge on any atom is 0.328 e. The molecule has 0 spiro atoms. The number of hydrogen-bond acceptors (Lipinski definition) is 3. The number of carbonyl (C=O) groups is 1. The predicted molar refractivity (Wildman–Crippen MR) is 74.7 cm³/mol. The largest absolute Gasteiger partial charge is 0.478 e. The number of nitrogens with zero attached hydrogens (tertiary/aromatic N) is 2. The van der Waals surface area contributed by atoms with Crippen molar-refractivity contribution >= 4 is 23.1 Å². The summed E-state index contributed by atoms with van der Waals surface area (Å²) in [7, 11) is 0. The van der Waals surface area contributed by atoms with Crippen LogP contribution >= 0.6 is 0 Å². The number of fused-ring (bicyclic) bond motifs is 1. The Morgan fingerprint density at radius 1 is 1.42 bits per heavy atom. The van der Waals surface area contributed by atoms with Gasteiger partial charge in [-0.2, -0.15) is 0 Å². The topological polar surface area (TPSA) is 63.1 Å². The minimum atomic E-state index is -0.967. The van der Waals surface area contributed by atoms with Crippen LogP contribution in [0.2, 0.25) is 0 Å². The number of aromatic nitrogens is 2. The van der Waals surface area contributed by atoms with Gasteiger partial charge in [-0.3, -0.25) is 0 Å². The first-order valence-corrected chi connectivity index (χ1v) is 6.21. The molecule has 2 aromatic heterocycles. The van der Waals surface area contributed by atoms with Gasteiger partial charge in [-0.1, -0.05) is 13.8 Å². The number of aliphatic carboxylic acids is 1. The maximum atomic E-state index is 10.5. The molecule has 0 aliphatic heterocycles. The fourth-order valence-corrected chi connectivity index (χ4v) is 1.86. The van der Waals surface area contributed by atoms with E-state index >= 15 is 0 Å². The number of hydrogen-bond donors (Lipinski definition) is 1. The zero-order chi connectivity index (χ0) is 13.8. The van der Waals surface area contributed by atoms with Crippen molar-refractivity contribution in [1.82, 2.24) is 9.97 Å². The smallest absolute Gasteiger partial charge is 0.328 e. The van der Waals surface area contributed by atoms with E-state index in [1.807, 2.05) is 18.2 Å². The third-order valence-electron chi connectivity index (χ3n) is 2.66. The van der Waals surface area contributed by atoms with E-state index in [2.05, 4.69) is 23.8 Å². The fourth-order valence-electron chi connectivity index (χ4n) is 1.86. The molecule has 98 valence electrons. The fraction of sp³-hybridized carbons (Fsp3) is 0.267. The molecular formula is C15H16N2O2. The van der Waals surface area contributed by atoms with Crippen molar-refractivity contribution in [2.45, 2.75) is 20.3 Å². The molecule has 0 aromatic carbocycles. The first-order chi connectivity index (χ1) is 9.04. The molecule has 0 aliphatic rings. The zero-order valence-corrected chi connectivity index (χ0v) is 11.0. The van der Waals surface area contributed by atoms with Crippen molar-refractivity contribution < 1.29 is 9.90 Å². The standard InChI is InChI=1S/C15H16N2O2/c1-10(2)7-13-5-4-12-8-11(3-6-14(18)19)9-16-15(12)17-13/h3-6,8-10H,7H2,1-2H3,(H,18,19)/b6-3+. The van der Waals surface area contributed by atoms with Crippen molar-refractivity contribution in [3.8, 4) is 0 Å². The third-order valence-corrected chi connectivity index (χ3v) is 2.66. The zero-order valence-electron chi connectivity index (χ0n) is 11.0. The second-order valence-electron chi connectivity index (χ2n) is 4.89. The van der Waals surface area contributed by atoms with Crippen molar-refractivity contribution in [1.29, 1.82) is 0 Å². The highest BCUT2D eigenvalue weighted by Gasteiger charge is 2.03. The van der Waals surface area contributed by atoms with Gasteiger partial charge in [0.05, 0.1) is 0 Å². The summed E-state index contributed by atoms with van der Waals surface area (Å²) in [6.45, 7) is 4.30. The van der Waals surface area contributed by atoms with Crippen LogP contribution in [0.5, 0.6) is 0 Å². The van der Waals surface area contributed by atoms with Crippen molar-refractivity contribution in [3.63, 3.8) is 0 Å². The molecular weight excluding hydrogens is 240 g/mol. The first-order valence-electron chi connectivity index (χ1n) is 6.21. The Morgan fingerprint density at radius 2 is 2.21 bits per heavy atom. The third kappa shape index (κ3) is 3.61. The molecule has 0 unspecified atom stereocenters. The van der Waals surface area contributed by atoms with Gasteiger partial charge in [-0.05, 0) is 42.2 Å². The van der Waals surface area contributed by atoms with Crippen LogP contribution in [-0.2, 0) is 11.2 Å². The Morgan fingerprint density at radius 3 is 2.89 bits per heavy atom. The van der Waals surface area contributed by atoms with Crippen LogP contribution in [0, 0.1) is 5.92 Å². The molecule has 4 heteroatoms. The minimum absolute atomic E-state index is 0.558. The molecule has 2 rings (SSSR count). The predicted octanol–water partition coefficient (Wildman–Crippen LogP) is 2.93. The molecule has 0 atom stereocenters. The minimum Gasteiger partial charge on any atom is -0.478 e. The number of rotatable bonds is 4. The Labute approximate surface area is 111 Å². The molecule has 0 amide bonds. The SMILES string of the molecule is CC(C)Cc1ccc2cc(/C=C/C(=O)O)cnc2n1. The van der Waals surface area contributed by atoms with Gasteiger partial charge in [0.15, 0.2) is 5.65 Å². The average molecular weight is 256 g/mol. The van der Waals surface area contributed by atoms with E-state index in [1.165, 1.54) is 6.08 Å². The van der Waals surface area contributed by atoms with Gasteiger partial charge in [0, 0.05) is 23.4 Å². The lowest BCUT2D eigenvalue weighted by atomic mass is 10.1. The maximum absolute atomic E-state index is 10.5. The summed E-state index contributed by atoms with van der Waals surface area (Å²) in [5.41, 5.74) is 2.49. The molecule has 4 nitrogen and oxygen atoms in total. The van der Waals surface area contributed by atoms with Gasteiger partial charge >= 0.3 is 5.97 Å². The van der Waals surface area contributed by atoms with Crippen LogP contribution in [-0.4, -0.2) is 21.0 Å². The molecule has 0 bridgehead atoms. The number of carboxylic acids is 1. The van der Waals surface area contributed by atoms with E-state index in [4.69, 9.17) is 5.11 Å². The van der Waals surface area contributed by atoms with Crippen LogP contribution in [0.3, 0.4) is 0 Å². The highest BCUT2D eigenvalue weighted by Crippen LogP contribution is 2.15. The summed E-state index contributed by atoms with van der Waals surface area (Å²) in [5, 5.41) is 9.51. The van der Waals surface area contributed by atoms with Crippen molar-refractivity contribution in [2.24, 2.45) is 5.92 Å². The van der Waals surface area contributed by atoms with Gasteiger partial charge in [0.2, 0.25) is 0 Å². The summed E-state index contributed by atoms with van der Waals surface area (Å²) < 4.78 is 0. The second kappa shape index (κ2) is 5.61. The molecule has 19 heavy (non-hydrogen) atoms. The van der Waals surface area contributed by atoms with E-state index in [9.17, 15) is 4.79 Å². The molecule has 0 fully saturated rings. The Bertz CT molecular complexity index is 633. The molecule has 0 aliphatic carbocycles. The van der Waals surface area contributed by atoms with E-state index < -0.39 is 5.97 Å². The summed E-state index contributed by atoms with van der Waals surface area (Å²) >= 11 is 0. The van der Waals surface area contributed by atoms with Gasteiger partial charge in [0.1, 0.15) is 0 Å². The summed E-state index contributed by atoms with van der Waals surface area (Å²) in [6.07, 6.45) is 5.19. The van der Waals surface area contributed by atoms with E-state index in [1.54, 1.807) is 6.20 Å². The monoisotopic (exact) mass is 256 g/mol. The van der Waals surface area contributed by atoms with Crippen molar-refractivity contribution in [3.05, 3.63) is 41.7 Å². The summed E-state index contributed by atoms with van der Waals surface area (Å²) in [4.78, 5) is 19.2. The normalized spacial score (nSPS) is 11.5. The van der Waals surface area contributed by atoms with E-state index in [0.29, 0.717) is 11.6 Å². The first kappa shape index (κ1) is 13.2. The Kier molecular flexibility index (Phi) is 3.90. The number of pyridine rings is 2. The van der Waals surface area contributed by atoms with Crippen LogP contribution in [0.1, 0.15) is 25.1 Å². The quantitative estimate of drug-likeness (QED) is 0.854. The van der Waals surface area contributed by atoms with Crippen molar-refractivity contribution in [2.75, 3.05) is 0 Å². The highest BCUT2D eigenvalue weighted by molar-refractivity contribution is 5.86. The van der Waals surface area contributed by atoms with E-state index in [0.717, 1.165) is 29.1 Å². The van der Waals surface area contributed by atoms with Gasteiger partial charge in [0.25, 0.3) is 0 Å². The van der Waals surface area contributed by atoms with Gasteiger partial charge in [-0.25, -0.2) is 14.8 Å². The summed E-state index contributed by atoms with van der Waals surface area (Å²) in [6, 6.07) is 5.85. The van der Waals surface area contributed by atoms with Crippen LogP contribution < -0.4 is 0 Å². The lowest BCUT2D eigenvalue weighted by molar-refractivity contribution is -0.131. The van der Waals surface area contributed by atoms with Gasteiger partial charge in [-0.15, -0.1) is 0 Å². The molecule has 2 heterocycles. The molecule has 0 saturated carbocycles. The molecule has 2 aromatic rings. The molecule has 0 saturated heterocycles. The lowest BCUT2D eigenvalue weighted by Crippen LogP contribution is -1.98.